The fourth-order valence-electron chi connectivity index (χ4n) is 3.09. The summed E-state index contributed by atoms with van der Waals surface area (Å²) in [5.74, 6) is 0.774. The lowest BCUT2D eigenvalue weighted by atomic mass is 10.1. The third-order valence-electron chi connectivity index (χ3n) is 4.41. The summed E-state index contributed by atoms with van der Waals surface area (Å²) in [4.78, 5) is 6.41. The van der Waals surface area contributed by atoms with E-state index in [9.17, 15) is 5.26 Å². The van der Waals surface area contributed by atoms with Gasteiger partial charge < -0.3 is 9.47 Å². The van der Waals surface area contributed by atoms with Crippen molar-refractivity contribution in [1.29, 1.82) is 5.26 Å². The van der Waals surface area contributed by atoms with Gasteiger partial charge in [-0.3, -0.25) is 9.88 Å². The Labute approximate surface area is 142 Å². The second kappa shape index (κ2) is 7.91. The van der Waals surface area contributed by atoms with Gasteiger partial charge in [-0.1, -0.05) is 18.2 Å². The van der Waals surface area contributed by atoms with Crippen LogP contribution in [0.1, 0.15) is 17.5 Å². The quantitative estimate of drug-likeness (QED) is 0.818. The molecule has 0 N–H and O–H groups in total. The minimum atomic E-state index is 0.196. The number of ether oxygens (including phenoxy) is 2. The van der Waals surface area contributed by atoms with Crippen LogP contribution in [0.3, 0.4) is 0 Å². The van der Waals surface area contributed by atoms with Gasteiger partial charge in [0.2, 0.25) is 0 Å². The number of likely N-dealkylation sites (tertiary alicyclic amines) is 1. The van der Waals surface area contributed by atoms with E-state index in [2.05, 4.69) is 16.0 Å². The van der Waals surface area contributed by atoms with Gasteiger partial charge in [0.1, 0.15) is 12.4 Å². The summed E-state index contributed by atoms with van der Waals surface area (Å²) >= 11 is 0. The predicted molar refractivity (Wildman–Crippen MR) is 90.5 cm³/mol. The van der Waals surface area contributed by atoms with Gasteiger partial charge in [0.25, 0.3) is 0 Å². The van der Waals surface area contributed by atoms with Crippen molar-refractivity contribution < 1.29 is 9.47 Å². The summed E-state index contributed by atoms with van der Waals surface area (Å²) in [7, 11) is 1.75. The molecule has 0 bridgehead atoms. The Morgan fingerprint density at radius 2 is 2.17 bits per heavy atom. The highest BCUT2D eigenvalue weighted by Gasteiger charge is 2.32. The highest BCUT2D eigenvalue weighted by Crippen LogP contribution is 2.24. The molecule has 1 aromatic carbocycles. The molecule has 0 amide bonds. The molecule has 0 spiro atoms. The summed E-state index contributed by atoms with van der Waals surface area (Å²) < 4.78 is 11.4. The fourth-order valence-corrected chi connectivity index (χ4v) is 3.09. The van der Waals surface area contributed by atoms with Gasteiger partial charge in [-0.05, 0) is 30.2 Å². The van der Waals surface area contributed by atoms with Crippen molar-refractivity contribution in [3.63, 3.8) is 0 Å². The number of benzene rings is 1. The lowest BCUT2D eigenvalue weighted by Crippen LogP contribution is -2.34. The molecule has 1 aliphatic heterocycles. The number of aromatic nitrogens is 1. The molecule has 2 atom stereocenters. The average Bonchev–Trinajstić information content (AvgIpc) is 3.03. The van der Waals surface area contributed by atoms with Crippen molar-refractivity contribution >= 4 is 0 Å². The maximum atomic E-state index is 9.28. The van der Waals surface area contributed by atoms with E-state index in [1.807, 2.05) is 36.4 Å². The molecular formula is C19H21N3O2. The topological polar surface area (TPSA) is 58.4 Å². The molecule has 0 unspecified atom stereocenters. The molecular weight excluding hydrogens is 302 g/mol. The Kier molecular flexibility index (Phi) is 5.42. The number of methoxy groups -OCH3 is 1. The molecule has 5 heteroatoms. The normalized spacial score (nSPS) is 20.7. The number of pyridine rings is 1. The summed E-state index contributed by atoms with van der Waals surface area (Å²) in [6.45, 7) is 2.16. The molecule has 0 saturated carbocycles. The van der Waals surface area contributed by atoms with Gasteiger partial charge in [0, 0.05) is 32.4 Å². The van der Waals surface area contributed by atoms with Crippen molar-refractivity contribution in [1.82, 2.24) is 9.88 Å². The Hall–Kier alpha value is -2.42. The lowest BCUT2D eigenvalue weighted by molar-refractivity contribution is 0.107. The molecule has 1 aromatic heterocycles. The standard InChI is InChI=1S/C19H21N3O2/c1-23-19-9-17(14-24-18-7-4-8-21-11-18)22(13-19)12-16-6-3-2-5-15(16)10-20/h2-8,11,17,19H,9,12-14H2,1H3/t17-,19+/m0/s1. The van der Waals surface area contributed by atoms with Crippen LogP contribution >= 0.6 is 0 Å². The van der Waals surface area contributed by atoms with Gasteiger partial charge in [-0.25, -0.2) is 0 Å². The Morgan fingerprint density at radius 1 is 1.29 bits per heavy atom. The van der Waals surface area contributed by atoms with E-state index >= 15 is 0 Å². The van der Waals surface area contributed by atoms with Crippen LogP contribution in [0.25, 0.3) is 0 Å². The fraction of sp³-hybridized carbons (Fsp3) is 0.368. The number of nitrogens with zero attached hydrogens (tertiary/aromatic N) is 3. The van der Waals surface area contributed by atoms with Crippen molar-refractivity contribution in [2.45, 2.75) is 25.1 Å². The average molecular weight is 323 g/mol. The highest BCUT2D eigenvalue weighted by atomic mass is 16.5. The van der Waals surface area contributed by atoms with Gasteiger partial charge in [-0.15, -0.1) is 0 Å². The van der Waals surface area contributed by atoms with E-state index in [0.29, 0.717) is 6.61 Å². The minimum Gasteiger partial charge on any atom is -0.490 e. The highest BCUT2D eigenvalue weighted by molar-refractivity contribution is 5.37. The molecule has 124 valence electrons. The van der Waals surface area contributed by atoms with Crippen LogP contribution in [0.2, 0.25) is 0 Å². The maximum absolute atomic E-state index is 9.28. The Morgan fingerprint density at radius 3 is 2.92 bits per heavy atom. The largest absolute Gasteiger partial charge is 0.490 e. The summed E-state index contributed by atoms with van der Waals surface area (Å²) in [6, 6.07) is 14.0. The number of hydrogen-bond acceptors (Lipinski definition) is 5. The van der Waals surface area contributed by atoms with Crippen LogP contribution in [0.4, 0.5) is 0 Å². The van der Waals surface area contributed by atoms with Crippen LogP contribution in [-0.4, -0.2) is 42.3 Å². The van der Waals surface area contributed by atoms with Crippen LogP contribution in [0.5, 0.6) is 5.75 Å². The molecule has 3 rings (SSSR count). The van der Waals surface area contributed by atoms with E-state index in [1.165, 1.54) is 0 Å². The van der Waals surface area contributed by atoms with Crippen molar-refractivity contribution in [2.75, 3.05) is 20.3 Å². The molecule has 1 fully saturated rings. The van der Waals surface area contributed by atoms with E-state index in [-0.39, 0.29) is 12.1 Å². The van der Waals surface area contributed by atoms with E-state index in [1.54, 1.807) is 19.5 Å². The monoisotopic (exact) mass is 323 g/mol. The molecule has 1 aliphatic rings. The second-order valence-electron chi connectivity index (χ2n) is 5.95. The third-order valence-corrected chi connectivity index (χ3v) is 4.41. The van der Waals surface area contributed by atoms with Crippen molar-refractivity contribution in [3.8, 4) is 11.8 Å². The number of hydrogen-bond donors (Lipinski definition) is 0. The number of rotatable bonds is 6. The first-order valence-electron chi connectivity index (χ1n) is 8.08. The summed E-state index contributed by atoms with van der Waals surface area (Å²) in [5.41, 5.74) is 1.77. The van der Waals surface area contributed by atoms with Gasteiger partial charge in [0.05, 0.1) is 23.9 Å². The molecule has 24 heavy (non-hydrogen) atoms. The molecule has 2 aromatic rings. The first-order valence-corrected chi connectivity index (χ1v) is 8.08. The minimum absolute atomic E-state index is 0.196. The summed E-state index contributed by atoms with van der Waals surface area (Å²) in [5, 5.41) is 9.28. The van der Waals surface area contributed by atoms with Crippen molar-refractivity contribution in [2.24, 2.45) is 0 Å². The first-order chi connectivity index (χ1) is 11.8. The van der Waals surface area contributed by atoms with Crippen LogP contribution in [0.15, 0.2) is 48.8 Å². The Balaban J connectivity index is 1.68. The molecule has 5 nitrogen and oxygen atoms in total. The summed E-state index contributed by atoms with van der Waals surface area (Å²) in [6.07, 6.45) is 4.57. The third kappa shape index (κ3) is 3.91. The zero-order valence-electron chi connectivity index (χ0n) is 13.8. The first kappa shape index (κ1) is 16.4. The predicted octanol–water partition coefficient (Wildman–Crippen LogP) is 2.62. The zero-order valence-corrected chi connectivity index (χ0v) is 13.8. The van der Waals surface area contributed by atoms with Crippen molar-refractivity contribution in [3.05, 3.63) is 59.9 Å². The van der Waals surface area contributed by atoms with E-state index in [0.717, 1.165) is 36.4 Å². The smallest absolute Gasteiger partial charge is 0.137 e. The van der Waals surface area contributed by atoms with Crippen LogP contribution < -0.4 is 4.74 Å². The van der Waals surface area contributed by atoms with Gasteiger partial charge >= 0.3 is 0 Å². The molecule has 2 heterocycles. The zero-order chi connectivity index (χ0) is 16.8. The van der Waals surface area contributed by atoms with Gasteiger partial charge in [-0.2, -0.15) is 5.26 Å². The maximum Gasteiger partial charge on any atom is 0.137 e. The Bertz CT molecular complexity index is 699. The number of nitriles is 1. The molecule has 0 aliphatic carbocycles. The lowest BCUT2D eigenvalue weighted by Gasteiger charge is -2.24. The van der Waals surface area contributed by atoms with E-state index in [4.69, 9.17) is 9.47 Å². The van der Waals surface area contributed by atoms with Crippen LogP contribution in [0, 0.1) is 11.3 Å². The van der Waals surface area contributed by atoms with Crippen LogP contribution in [-0.2, 0) is 11.3 Å². The van der Waals surface area contributed by atoms with E-state index < -0.39 is 0 Å². The molecule has 1 saturated heterocycles. The second-order valence-corrected chi connectivity index (χ2v) is 5.95. The van der Waals surface area contributed by atoms with Gasteiger partial charge in [0.15, 0.2) is 0 Å². The molecule has 0 radical (unpaired) electrons. The SMILES string of the molecule is CO[C@@H]1C[C@@H](COc2cccnc2)N(Cc2ccccc2C#N)C1.